The van der Waals surface area contributed by atoms with Gasteiger partial charge in [0.25, 0.3) is 5.91 Å². The lowest BCUT2D eigenvalue weighted by Gasteiger charge is -2.15. The van der Waals surface area contributed by atoms with Crippen LogP contribution in [0, 0.1) is 6.92 Å². The first-order valence-electron chi connectivity index (χ1n) is 7.92. The van der Waals surface area contributed by atoms with Crippen molar-refractivity contribution in [1.82, 2.24) is 0 Å². The zero-order valence-electron chi connectivity index (χ0n) is 14.2. The number of aryl methyl sites for hydroxylation is 1. The maximum absolute atomic E-state index is 12.4. The molecule has 124 valence electrons. The van der Waals surface area contributed by atoms with Crippen LogP contribution >= 0.6 is 11.6 Å². The number of nitrogens with one attached hydrogen (secondary N) is 1. The van der Waals surface area contributed by atoms with Crippen LogP contribution in [-0.2, 0) is 4.79 Å². The lowest BCUT2D eigenvalue weighted by Crippen LogP contribution is -2.04. The Labute approximate surface area is 147 Å². The minimum absolute atomic E-state index is 0.103. The zero-order valence-corrected chi connectivity index (χ0v) is 15.0. The van der Waals surface area contributed by atoms with E-state index in [4.69, 9.17) is 16.3 Å². The lowest BCUT2D eigenvalue weighted by molar-refractivity contribution is -0.110. The van der Waals surface area contributed by atoms with Crippen molar-refractivity contribution in [2.75, 3.05) is 12.4 Å². The fourth-order valence-electron chi connectivity index (χ4n) is 2.96. The molecule has 0 saturated carbocycles. The molecule has 1 aliphatic rings. The molecule has 0 saturated heterocycles. The number of fused-ring (bicyclic) bond motifs is 1. The number of rotatable bonds is 3. The highest BCUT2D eigenvalue weighted by atomic mass is 35.5. The van der Waals surface area contributed by atoms with Crippen LogP contribution in [0.1, 0.15) is 42.0 Å². The summed E-state index contributed by atoms with van der Waals surface area (Å²) in [6, 6.07) is 9.55. The normalized spacial score (nSPS) is 14.9. The van der Waals surface area contributed by atoms with Crippen LogP contribution in [0.4, 0.5) is 5.69 Å². The van der Waals surface area contributed by atoms with Crippen molar-refractivity contribution < 1.29 is 9.53 Å². The summed E-state index contributed by atoms with van der Waals surface area (Å²) in [6.07, 6.45) is 1.93. The number of carbonyl (C=O) groups excluding carboxylic acids is 1. The maximum atomic E-state index is 12.4. The second kappa shape index (κ2) is 6.33. The van der Waals surface area contributed by atoms with E-state index in [1.165, 1.54) is 0 Å². The molecule has 1 aliphatic heterocycles. The van der Waals surface area contributed by atoms with Gasteiger partial charge in [0, 0.05) is 21.8 Å². The van der Waals surface area contributed by atoms with Crippen molar-refractivity contribution in [1.29, 1.82) is 0 Å². The van der Waals surface area contributed by atoms with Crippen LogP contribution < -0.4 is 10.1 Å². The lowest BCUT2D eigenvalue weighted by atomic mass is 9.94. The minimum Gasteiger partial charge on any atom is -0.496 e. The van der Waals surface area contributed by atoms with E-state index in [0.717, 1.165) is 33.7 Å². The van der Waals surface area contributed by atoms with Crippen molar-refractivity contribution >= 4 is 34.8 Å². The van der Waals surface area contributed by atoms with Gasteiger partial charge in [-0.3, -0.25) is 4.79 Å². The van der Waals surface area contributed by atoms with E-state index in [-0.39, 0.29) is 5.91 Å². The summed E-state index contributed by atoms with van der Waals surface area (Å²) in [5, 5.41) is 3.50. The monoisotopic (exact) mass is 341 g/mol. The molecule has 0 aromatic heterocycles. The molecule has 4 heteroatoms. The first kappa shape index (κ1) is 16.6. The van der Waals surface area contributed by atoms with Gasteiger partial charge in [0.15, 0.2) is 0 Å². The molecule has 1 amide bonds. The number of hydrogen-bond donors (Lipinski definition) is 1. The number of carbonyl (C=O) groups is 1. The van der Waals surface area contributed by atoms with Crippen molar-refractivity contribution in [3.8, 4) is 5.75 Å². The van der Waals surface area contributed by atoms with Crippen LogP contribution in [0.5, 0.6) is 5.75 Å². The molecule has 1 N–H and O–H groups in total. The van der Waals surface area contributed by atoms with Crippen molar-refractivity contribution in [2.24, 2.45) is 0 Å². The Bertz CT molecular complexity index is 853. The molecule has 0 radical (unpaired) electrons. The summed E-state index contributed by atoms with van der Waals surface area (Å²) < 4.78 is 5.49. The van der Waals surface area contributed by atoms with E-state index in [1.807, 2.05) is 31.2 Å². The average Bonchev–Trinajstić information content (AvgIpc) is 2.84. The molecule has 0 spiro atoms. The SMILES string of the molecule is COc1cc(C)c(/C=C2/C(=O)Nc3ccc(Cl)cc32)cc1C(C)C. The van der Waals surface area contributed by atoms with Gasteiger partial charge in [0.05, 0.1) is 7.11 Å². The zero-order chi connectivity index (χ0) is 17.4. The Balaban J connectivity index is 2.14. The van der Waals surface area contributed by atoms with E-state index in [0.29, 0.717) is 16.5 Å². The van der Waals surface area contributed by atoms with Crippen LogP contribution in [0.2, 0.25) is 5.02 Å². The molecule has 3 rings (SSSR count). The second-order valence-corrected chi connectivity index (χ2v) is 6.74. The molecule has 0 unspecified atom stereocenters. The highest BCUT2D eigenvalue weighted by Crippen LogP contribution is 2.37. The number of ether oxygens (including phenoxy) is 1. The van der Waals surface area contributed by atoms with Gasteiger partial charge in [0.1, 0.15) is 5.75 Å². The Morgan fingerprint density at radius 3 is 2.62 bits per heavy atom. The van der Waals surface area contributed by atoms with Gasteiger partial charge in [-0.25, -0.2) is 0 Å². The highest BCUT2D eigenvalue weighted by molar-refractivity contribution is 6.36. The van der Waals surface area contributed by atoms with Crippen molar-refractivity contribution in [3.05, 3.63) is 57.6 Å². The van der Waals surface area contributed by atoms with Gasteiger partial charge in [-0.15, -0.1) is 0 Å². The van der Waals surface area contributed by atoms with E-state index in [9.17, 15) is 4.79 Å². The Hall–Kier alpha value is -2.26. The molecular weight excluding hydrogens is 322 g/mol. The maximum Gasteiger partial charge on any atom is 0.256 e. The summed E-state index contributed by atoms with van der Waals surface area (Å²) in [5.74, 6) is 1.11. The Morgan fingerprint density at radius 1 is 1.21 bits per heavy atom. The largest absolute Gasteiger partial charge is 0.496 e. The van der Waals surface area contributed by atoms with E-state index < -0.39 is 0 Å². The molecule has 24 heavy (non-hydrogen) atoms. The molecule has 0 fully saturated rings. The molecule has 2 aromatic carbocycles. The summed E-state index contributed by atoms with van der Waals surface area (Å²) in [5.41, 5.74) is 5.47. The third-order valence-corrected chi connectivity index (χ3v) is 4.54. The van der Waals surface area contributed by atoms with Crippen LogP contribution in [-0.4, -0.2) is 13.0 Å². The van der Waals surface area contributed by atoms with Gasteiger partial charge in [-0.1, -0.05) is 25.4 Å². The molecule has 0 atom stereocenters. The summed E-state index contributed by atoms with van der Waals surface area (Å²) in [7, 11) is 1.68. The standard InChI is InChI=1S/C20H20ClNO2/c1-11(2)15-8-13(12(3)7-19(15)24-4)9-17-16-10-14(21)5-6-18(16)22-20(17)23/h5-11H,1-4H3,(H,22,23)/b17-9+. The first-order valence-corrected chi connectivity index (χ1v) is 8.30. The highest BCUT2D eigenvalue weighted by Gasteiger charge is 2.24. The van der Waals surface area contributed by atoms with Gasteiger partial charge in [-0.05, 0) is 65.9 Å². The third-order valence-electron chi connectivity index (χ3n) is 4.30. The molecule has 3 nitrogen and oxygen atoms in total. The first-order chi connectivity index (χ1) is 11.4. The quantitative estimate of drug-likeness (QED) is 0.772. The molecule has 0 bridgehead atoms. The van der Waals surface area contributed by atoms with E-state index in [1.54, 1.807) is 13.2 Å². The Morgan fingerprint density at radius 2 is 1.96 bits per heavy atom. The van der Waals surface area contributed by atoms with Crippen LogP contribution in [0.15, 0.2) is 30.3 Å². The second-order valence-electron chi connectivity index (χ2n) is 6.31. The number of amides is 1. The number of anilines is 1. The van der Waals surface area contributed by atoms with Gasteiger partial charge in [-0.2, -0.15) is 0 Å². The van der Waals surface area contributed by atoms with Crippen LogP contribution in [0.3, 0.4) is 0 Å². The van der Waals surface area contributed by atoms with Crippen molar-refractivity contribution in [2.45, 2.75) is 26.7 Å². The van der Waals surface area contributed by atoms with Crippen LogP contribution in [0.25, 0.3) is 11.6 Å². The predicted octanol–water partition coefficient (Wildman–Crippen LogP) is 5.27. The molecular formula is C20H20ClNO2. The number of benzene rings is 2. The molecule has 0 aliphatic carbocycles. The number of halogens is 1. The third kappa shape index (κ3) is 2.92. The predicted molar refractivity (Wildman–Crippen MR) is 99.8 cm³/mol. The van der Waals surface area contributed by atoms with E-state index in [2.05, 4.69) is 25.2 Å². The fraction of sp³-hybridized carbons (Fsp3) is 0.250. The number of hydrogen-bond acceptors (Lipinski definition) is 2. The molecule has 2 aromatic rings. The average molecular weight is 342 g/mol. The van der Waals surface area contributed by atoms with E-state index >= 15 is 0 Å². The summed E-state index contributed by atoms with van der Waals surface area (Å²) >= 11 is 6.09. The smallest absolute Gasteiger partial charge is 0.256 e. The topological polar surface area (TPSA) is 38.3 Å². The summed E-state index contributed by atoms with van der Waals surface area (Å²) in [6.45, 7) is 6.27. The number of methoxy groups -OCH3 is 1. The minimum atomic E-state index is -0.103. The van der Waals surface area contributed by atoms with Gasteiger partial charge >= 0.3 is 0 Å². The van der Waals surface area contributed by atoms with Gasteiger partial charge in [0.2, 0.25) is 0 Å². The molecule has 1 heterocycles. The van der Waals surface area contributed by atoms with Crippen molar-refractivity contribution in [3.63, 3.8) is 0 Å². The fourth-order valence-corrected chi connectivity index (χ4v) is 3.13. The summed E-state index contributed by atoms with van der Waals surface area (Å²) in [4.78, 5) is 12.4. The Kier molecular flexibility index (Phi) is 4.37. The van der Waals surface area contributed by atoms with Gasteiger partial charge < -0.3 is 10.1 Å².